The van der Waals surface area contributed by atoms with E-state index >= 15 is 0 Å². The minimum Gasteiger partial charge on any atom is -0.498 e. The van der Waals surface area contributed by atoms with Crippen LogP contribution >= 0.6 is 0 Å². The van der Waals surface area contributed by atoms with Gasteiger partial charge in [0.1, 0.15) is 0 Å². The molecule has 27 heavy (non-hydrogen) atoms. The van der Waals surface area contributed by atoms with E-state index in [1.54, 1.807) is 7.11 Å². The summed E-state index contributed by atoms with van der Waals surface area (Å²) in [5.74, 6) is 1.10. The fraction of sp³-hybridized carbons (Fsp3) is 0.440. The van der Waals surface area contributed by atoms with E-state index in [-0.39, 0.29) is 5.41 Å². The van der Waals surface area contributed by atoms with Gasteiger partial charge in [0, 0.05) is 18.9 Å². The van der Waals surface area contributed by atoms with Gasteiger partial charge in [0.05, 0.1) is 19.0 Å². The summed E-state index contributed by atoms with van der Waals surface area (Å²) in [6.07, 6.45) is 17.1. The molecule has 146 valence electrons. The second-order valence-corrected chi connectivity index (χ2v) is 7.84. The van der Waals surface area contributed by atoms with Gasteiger partial charge in [-0.3, -0.25) is 0 Å². The summed E-state index contributed by atoms with van der Waals surface area (Å²) in [7, 11) is 1.73. The summed E-state index contributed by atoms with van der Waals surface area (Å²) in [4.78, 5) is 0. The van der Waals surface area contributed by atoms with Crippen molar-refractivity contribution in [2.45, 2.75) is 46.5 Å². The quantitative estimate of drug-likeness (QED) is 0.427. The number of hydrogen-bond donors (Lipinski definition) is 0. The molecule has 0 amide bonds. The van der Waals surface area contributed by atoms with Crippen LogP contribution in [0.4, 0.5) is 0 Å². The van der Waals surface area contributed by atoms with Crippen molar-refractivity contribution in [1.29, 1.82) is 0 Å². The molecule has 0 atom stereocenters. The number of methoxy groups -OCH3 is 1. The topological polar surface area (TPSA) is 18.5 Å². The van der Waals surface area contributed by atoms with Crippen molar-refractivity contribution in [1.82, 2.24) is 0 Å². The van der Waals surface area contributed by atoms with Gasteiger partial charge < -0.3 is 9.47 Å². The summed E-state index contributed by atoms with van der Waals surface area (Å²) in [6.45, 7) is 16.2. The molecule has 0 N–H and O–H groups in total. The molecule has 2 aliphatic rings. The van der Waals surface area contributed by atoms with Crippen LogP contribution in [0.25, 0.3) is 0 Å². The van der Waals surface area contributed by atoms with Crippen molar-refractivity contribution in [3.05, 3.63) is 83.2 Å². The van der Waals surface area contributed by atoms with Crippen LogP contribution in [0.3, 0.4) is 0 Å². The van der Waals surface area contributed by atoms with Gasteiger partial charge in [-0.1, -0.05) is 57.4 Å². The Hall–Kier alpha value is -2.06. The average molecular weight is 367 g/mol. The van der Waals surface area contributed by atoms with Crippen molar-refractivity contribution >= 4 is 0 Å². The highest BCUT2D eigenvalue weighted by Crippen LogP contribution is 2.33. The first-order valence-corrected chi connectivity index (χ1v) is 9.85. The molecular weight excluding hydrogens is 332 g/mol. The monoisotopic (exact) mass is 366 g/mol. The largest absolute Gasteiger partial charge is 0.498 e. The standard InChI is InChI=1S/C25H34O2/c1-7-27-24-16-14-23(15-17-24)22-12-10-21(11-13-22)19(2)8-9-20(3)25(4,5)18-26-6/h8-10,12,14,16H,2-3,7,11,13,15,17-18H2,1,4-6H3/b9-8-. The number of hydrogen-bond acceptors (Lipinski definition) is 2. The lowest BCUT2D eigenvalue weighted by Gasteiger charge is -2.24. The maximum atomic E-state index is 5.60. The van der Waals surface area contributed by atoms with E-state index in [1.165, 1.54) is 16.7 Å². The van der Waals surface area contributed by atoms with Crippen LogP contribution in [-0.2, 0) is 9.47 Å². The molecule has 0 aromatic carbocycles. The maximum Gasteiger partial charge on any atom is 0.0962 e. The minimum absolute atomic E-state index is 0.0686. The Balaban J connectivity index is 2.00. The summed E-state index contributed by atoms with van der Waals surface area (Å²) in [5.41, 5.74) is 6.23. The van der Waals surface area contributed by atoms with Crippen LogP contribution in [0.2, 0.25) is 0 Å². The van der Waals surface area contributed by atoms with Gasteiger partial charge in [-0.2, -0.15) is 0 Å². The van der Waals surface area contributed by atoms with Crippen LogP contribution in [0, 0.1) is 5.41 Å². The SMILES string of the molecule is C=C(/C=C\C(=C)C(C)(C)COC)C1=CC=C(C2=CC=C(OCC)CC2)CC1. The molecule has 0 radical (unpaired) electrons. The molecule has 0 bridgehead atoms. The average Bonchev–Trinajstić information content (AvgIpc) is 2.67. The summed E-state index contributed by atoms with van der Waals surface area (Å²) < 4.78 is 10.9. The molecule has 2 nitrogen and oxygen atoms in total. The van der Waals surface area contributed by atoms with E-state index in [1.807, 2.05) is 6.92 Å². The van der Waals surface area contributed by atoms with Crippen molar-refractivity contribution in [2.75, 3.05) is 20.3 Å². The van der Waals surface area contributed by atoms with Crippen LogP contribution in [0.5, 0.6) is 0 Å². The highest BCUT2D eigenvalue weighted by Gasteiger charge is 2.20. The van der Waals surface area contributed by atoms with Gasteiger partial charge in [-0.05, 0) is 60.1 Å². The zero-order chi connectivity index (χ0) is 19.9. The van der Waals surface area contributed by atoms with Crippen molar-refractivity contribution in [3.8, 4) is 0 Å². The van der Waals surface area contributed by atoms with Crippen LogP contribution in [-0.4, -0.2) is 20.3 Å². The van der Waals surface area contributed by atoms with Gasteiger partial charge in [-0.25, -0.2) is 0 Å². The third kappa shape index (κ3) is 5.97. The van der Waals surface area contributed by atoms with E-state index in [0.717, 1.165) is 49.2 Å². The second-order valence-electron chi connectivity index (χ2n) is 7.84. The summed E-state index contributed by atoms with van der Waals surface area (Å²) >= 11 is 0. The highest BCUT2D eigenvalue weighted by atomic mass is 16.5. The normalized spacial score (nSPS) is 17.8. The molecular formula is C25H34O2. The molecule has 0 spiro atoms. The third-order valence-corrected chi connectivity index (χ3v) is 5.28. The molecule has 0 aliphatic heterocycles. The molecule has 2 heteroatoms. The molecule has 0 saturated carbocycles. The molecule has 0 fully saturated rings. The Kier molecular flexibility index (Phi) is 7.67. The number of ether oxygens (including phenoxy) is 2. The van der Waals surface area contributed by atoms with E-state index in [4.69, 9.17) is 9.47 Å². The number of rotatable bonds is 9. The Labute approximate surface area is 165 Å². The molecule has 0 saturated heterocycles. The Morgan fingerprint density at radius 2 is 1.67 bits per heavy atom. The van der Waals surface area contributed by atoms with Crippen LogP contribution in [0.1, 0.15) is 46.5 Å². The molecule has 0 unspecified atom stereocenters. The first-order valence-electron chi connectivity index (χ1n) is 9.85. The lowest BCUT2D eigenvalue weighted by molar-refractivity contribution is 0.128. The van der Waals surface area contributed by atoms with Gasteiger partial charge in [0.2, 0.25) is 0 Å². The Morgan fingerprint density at radius 3 is 2.19 bits per heavy atom. The van der Waals surface area contributed by atoms with Crippen LogP contribution in [0.15, 0.2) is 83.2 Å². The Bertz CT molecular complexity index is 723. The van der Waals surface area contributed by atoms with Gasteiger partial charge in [0.15, 0.2) is 0 Å². The maximum absolute atomic E-state index is 5.60. The molecule has 0 aromatic heterocycles. The lowest BCUT2D eigenvalue weighted by atomic mass is 9.84. The minimum atomic E-state index is -0.0686. The van der Waals surface area contributed by atoms with Crippen molar-refractivity contribution in [3.63, 3.8) is 0 Å². The fourth-order valence-electron chi connectivity index (χ4n) is 3.35. The Morgan fingerprint density at radius 1 is 1.00 bits per heavy atom. The van der Waals surface area contributed by atoms with Gasteiger partial charge >= 0.3 is 0 Å². The predicted molar refractivity (Wildman–Crippen MR) is 116 cm³/mol. The molecule has 2 rings (SSSR count). The van der Waals surface area contributed by atoms with E-state index in [0.29, 0.717) is 6.61 Å². The third-order valence-electron chi connectivity index (χ3n) is 5.28. The van der Waals surface area contributed by atoms with Crippen LogP contribution < -0.4 is 0 Å². The molecule has 0 heterocycles. The first-order chi connectivity index (χ1) is 12.9. The van der Waals surface area contributed by atoms with Gasteiger partial charge in [0.25, 0.3) is 0 Å². The smallest absolute Gasteiger partial charge is 0.0962 e. The van der Waals surface area contributed by atoms with E-state index in [9.17, 15) is 0 Å². The van der Waals surface area contributed by atoms with Crippen molar-refractivity contribution in [2.24, 2.45) is 5.41 Å². The van der Waals surface area contributed by atoms with Gasteiger partial charge in [-0.15, -0.1) is 0 Å². The zero-order valence-corrected chi connectivity index (χ0v) is 17.4. The fourth-order valence-corrected chi connectivity index (χ4v) is 3.35. The second kappa shape index (κ2) is 9.75. The first kappa shape index (κ1) is 21.2. The summed E-state index contributed by atoms with van der Waals surface area (Å²) in [5, 5.41) is 0. The van der Waals surface area contributed by atoms with Crippen molar-refractivity contribution < 1.29 is 9.47 Å². The number of allylic oxidation sites excluding steroid dienone is 11. The molecule has 2 aliphatic carbocycles. The molecule has 0 aromatic rings. The summed E-state index contributed by atoms with van der Waals surface area (Å²) in [6, 6.07) is 0. The predicted octanol–water partition coefficient (Wildman–Crippen LogP) is 6.61. The highest BCUT2D eigenvalue weighted by molar-refractivity contribution is 5.48. The zero-order valence-electron chi connectivity index (χ0n) is 17.4. The van der Waals surface area contributed by atoms with E-state index in [2.05, 4.69) is 63.5 Å². The lowest BCUT2D eigenvalue weighted by Crippen LogP contribution is -2.19. The van der Waals surface area contributed by atoms with E-state index < -0.39 is 0 Å².